The van der Waals surface area contributed by atoms with Gasteiger partial charge in [0.1, 0.15) is 5.69 Å². The van der Waals surface area contributed by atoms with Crippen LogP contribution in [0, 0.1) is 10.1 Å². The zero-order chi connectivity index (χ0) is 20.3. The summed E-state index contributed by atoms with van der Waals surface area (Å²) in [5, 5.41) is 20.4. The van der Waals surface area contributed by atoms with Crippen LogP contribution < -0.4 is 10.6 Å². The van der Waals surface area contributed by atoms with E-state index in [-0.39, 0.29) is 10.6 Å². The van der Waals surface area contributed by atoms with Gasteiger partial charge in [-0.15, -0.1) is 0 Å². The molecule has 10 nitrogen and oxygen atoms in total. The van der Waals surface area contributed by atoms with Gasteiger partial charge in [-0.25, -0.2) is 18.5 Å². The van der Waals surface area contributed by atoms with Crippen molar-refractivity contribution in [1.82, 2.24) is 9.55 Å². The monoisotopic (exact) mass is 400 g/mol. The van der Waals surface area contributed by atoms with Gasteiger partial charge in [0.15, 0.2) is 0 Å². The maximum atomic E-state index is 11.4. The molecule has 0 aliphatic rings. The summed E-state index contributed by atoms with van der Waals surface area (Å²) in [6.45, 7) is 1.74. The summed E-state index contributed by atoms with van der Waals surface area (Å²) >= 11 is 0. The van der Waals surface area contributed by atoms with E-state index < -0.39 is 20.6 Å². The molecule has 144 valence electrons. The number of nitrogens with two attached hydrogens (primary N) is 1. The van der Waals surface area contributed by atoms with E-state index in [0.29, 0.717) is 5.71 Å². The van der Waals surface area contributed by atoms with Crippen molar-refractivity contribution in [1.29, 1.82) is 0 Å². The molecular weight excluding hydrogens is 384 g/mol. The molecule has 0 fully saturated rings. The van der Waals surface area contributed by atoms with Crippen molar-refractivity contribution in [2.45, 2.75) is 11.8 Å². The first-order valence-electron chi connectivity index (χ1n) is 7.96. The molecular formula is C17H16N6O4S. The van der Waals surface area contributed by atoms with Gasteiger partial charge in [-0.05, 0) is 36.8 Å². The Hall–Kier alpha value is -3.57. The third-order valence-corrected chi connectivity index (χ3v) is 4.84. The van der Waals surface area contributed by atoms with Crippen LogP contribution in [0.1, 0.15) is 12.5 Å². The second kappa shape index (κ2) is 7.58. The highest BCUT2D eigenvalue weighted by molar-refractivity contribution is 7.89. The summed E-state index contributed by atoms with van der Waals surface area (Å²) in [4.78, 5) is 14.2. The SMILES string of the molecule is C/C(=N\Nc1ccc(S(N)(=O)=O)cc1[N+](=O)[O-])c1ccc(-n2ccnc2)cc1. The number of hydrogen-bond acceptors (Lipinski definition) is 7. The summed E-state index contributed by atoms with van der Waals surface area (Å²) in [6.07, 6.45) is 5.18. The zero-order valence-corrected chi connectivity index (χ0v) is 15.5. The van der Waals surface area contributed by atoms with E-state index in [1.165, 1.54) is 12.1 Å². The molecule has 0 saturated heterocycles. The lowest BCUT2D eigenvalue weighted by molar-refractivity contribution is -0.384. The number of primary sulfonamides is 1. The van der Waals surface area contributed by atoms with Crippen molar-refractivity contribution in [2.24, 2.45) is 10.2 Å². The molecule has 0 amide bonds. The second-order valence-electron chi connectivity index (χ2n) is 5.81. The molecule has 0 aliphatic heterocycles. The normalized spacial score (nSPS) is 12.0. The molecule has 0 aliphatic carbocycles. The molecule has 1 aromatic heterocycles. The van der Waals surface area contributed by atoms with Crippen LogP contribution in [0.3, 0.4) is 0 Å². The largest absolute Gasteiger partial charge is 0.306 e. The molecule has 2 aromatic carbocycles. The lowest BCUT2D eigenvalue weighted by atomic mass is 10.1. The van der Waals surface area contributed by atoms with E-state index in [0.717, 1.165) is 17.3 Å². The van der Waals surface area contributed by atoms with Crippen LogP contribution in [0.25, 0.3) is 5.69 Å². The first-order valence-corrected chi connectivity index (χ1v) is 9.50. The number of hydrazone groups is 1. The van der Waals surface area contributed by atoms with Crippen LogP contribution in [-0.4, -0.2) is 28.6 Å². The first kappa shape index (κ1) is 19.2. The topological polar surface area (TPSA) is 146 Å². The lowest BCUT2D eigenvalue weighted by Gasteiger charge is -2.07. The number of imidazole rings is 1. The van der Waals surface area contributed by atoms with Crippen LogP contribution in [0.4, 0.5) is 11.4 Å². The quantitative estimate of drug-likeness (QED) is 0.369. The highest BCUT2D eigenvalue weighted by atomic mass is 32.2. The highest BCUT2D eigenvalue weighted by Crippen LogP contribution is 2.27. The van der Waals surface area contributed by atoms with Gasteiger partial charge in [-0.2, -0.15) is 5.10 Å². The fourth-order valence-electron chi connectivity index (χ4n) is 2.43. The Morgan fingerprint density at radius 1 is 1.25 bits per heavy atom. The summed E-state index contributed by atoms with van der Waals surface area (Å²) < 4.78 is 24.6. The number of nitro benzene ring substituents is 1. The van der Waals surface area contributed by atoms with Gasteiger partial charge >= 0.3 is 0 Å². The molecule has 0 atom stereocenters. The van der Waals surface area contributed by atoms with Crippen LogP contribution >= 0.6 is 0 Å². The number of nitrogens with one attached hydrogen (secondary N) is 1. The highest BCUT2D eigenvalue weighted by Gasteiger charge is 2.19. The third-order valence-electron chi connectivity index (χ3n) is 3.93. The van der Waals surface area contributed by atoms with Crippen molar-refractivity contribution in [3.05, 3.63) is 76.9 Å². The number of aromatic nitrogens is 2. The fourth-order valence-corrected chi connectivity index (χ4v) is 2.96. The van der Waals surface area contributed by atoms with Gasteiger partial charge in [0.05, 0.1) is 21.9 Å². The Balaban J connectivity index is 1.83. The number of benzene rings is 2. The van der Waals surface area contributed by atoms with E-state index in [1.54, 1.807) is 19.4 Å². The minimum Gasteiger partial charge on any atom is -0.306 e. The smallest absolute Gasteiger partial charge is 0.295 e. The predicted octanol–water partition coefficient (Wildman–Crippen LogP) is 2.26. The fraction of sp³-hybridized carbons (Fsp3) is 0.0588. The van der Waals surface area contributed by atoms with Crippen LogP contribution in [0.2, 0.25) is 0 Å². The van der Waals surface area contributed by atoms with Gasteiger partial charge in [-0.1, -0.05) is 12.1 Å². The van der Waals surface area contributed by atoms with Crippen molar-refractivity contribution in [2.75, 3.05) is 5.43 Å². The second-order valence-corrected chi connectivity index (χ2v) is 7.37. The minimum atomic E-state index is -4.05. The molecule has 0 unspecified atom stereocenters. The Morgan fingerprint density at radius 2 is 1.96 bits per heavy atom. The molecule has 3 N–H and O–H groups in total. The molecule has 1 heterocycles. The van der Waals surface area contributed by atoms with Gasteiger partial charge in [0, 0.05) is 24.1 Å². The van der Waals surface area contributed by atoms with E-state index in [1.807, 2.05) is 35.0 Å². The Kier molecular flexibility index (Phi) is 5.20. The third kappa shape index (κ3) is 4.22. The summed E-state index contributed by atoms with van der Waals surface area (Å²) in [5.41, 5.74) is 4.53. The molecule has 0 saturated carbocycles. The van der Waals surface area contributed by atoms with Crippen LogP contribution in [-0.2, 0) is 10.0 Å². The Bertz CT molecular complexity index is 1140. The molecule has 3 aromatic rings. The number of anilines is 1. The molecule has 0 spiro atoms. The molecule has 0 bridgehead atoms. The first-order chi connectivity index (χ1) is 13.3. The Morgan fingerprint density at radius 3 is 2.54 bits per heavy atom. The van der Waals surface area contributed by atoms with E-state index in [9.17, 15) is 18.5 Å². The van der Waals surface area contributed by atoms with Crippen molar-refractivity contribution < 1.29 is 13.3 Å². The number of nitro groups is 1. The molecule has 28 heavy (non-hydrogen) atoms. The van der Waals surface area contributed by atoms with Crippen LogP contribution in [0.5, 0.6) is 0 Å². The van der Waals surface area contributed by atoms with Crippen molar-refractivity contribution >= 4 is 27.1 Å². The average molecular weight is 400 g/mol. The number of hydrogen-bond donors (Lipinski definition) is 2. The van der Waals surface area contributed by atoms with Crippen molar-refractivity contribution in [3.63, 3.8) is 0 Å². The average Bonchev–Trinajstić information content (AvgIpc) is 3.20. The van der Waals surface area contributed by atoms with E-state index in [2.05, 4.69) is 15.5 Å². The van der Waals surface area contributed by atoms with Gasteiger partial charge in [-0.3, -0.25) is 15.5 Å². The summed E-state index contributed by atoms with van der Waals surface area (Å²) in [7, 11) is -4.05. The maximum Gasteiger partial charge on any atom is 0.295 e. The molecule has 0 radical (unpaired) electrons. The van der Waals surface area contributed by atoms with Gasteiger partial charge in [0.25, 0.3) is 5.69 Å². The maximum absolute atomic E-state index is 11.4. The van der Waals surface area contributed by atoms with Gasteiger partial charge in [0.2, 0.25) is 10.0 Å². The van der Waals surface area contributed by atoms with E-state index in [4.69, 9.17) is 5.14 Å². The minimum absolute atomic E-state index is 0.0479. The number of rotatable bonds is 6. The number of sulfonamides is 1. The lowest BCUT2D eigenvalue weighted by Crippen LogP contribution is -2.12. The zero-order valence-electron chi connectivity index (χ0n) is 14.7. The van der Waals surface area contributed by atoms with Gasteiger partial charge < -0.3 is 4.57 Å². The Labute approximate surface area is 160 Å². The standard InChI is InChI=1S/C17H16N6O4S/c1-12(13-2-4-14(5-3-13)22-9-8-19-11-22)20-21-16-7-6-15(28(18,26)27)10-17(16)23(24)25/h2-11,21H,1H3,(H2,18,26,27)/b20-12+. The molecule has 3 rings (SSSR count). The number of nitrogens with zero attached hydrogens (tertiary/aromatic N) is 4. The van der Waals surface area contributed by atoms with E-state index >= 15 is 0 Å². The summed E-state index contributed by atoms with van der Waals surface area (Å²) in [5.74, 6) is 0. The van der Waals surface area contributed by atoms with Crippen LogP contribution in [0.15, 0.2) is 71.2 Å². The summed E-state index contributed by atoms with van der Waals surface area (Å²) in [6, 6.07) is 10.8. The van der Waals surface area contributed by atoms with Crippen molar-refractivity contribution in [3.8, 4) is 5.69 Å². The predicted molar refractivity (Wildman–Crippen MR) is 104 cm³/mol. The molecule has 11 heteroatoms.